The van der Waals surface area contributed by atoms with Gasteiger partial charge >= 0.3 is 0 Å². The fourth-order valence-corrected chi connectivity index (χ4v) is 2.86. The Morgan fingerprint density at radius 3 is 2.22 bits per heavy atom. The lowest BCUT2D eigenvalue weighted by molar-refractivity contribution is 0.312. The third-order valence-electron chi connectivity index (χ3n) is 4.27. The van der Waals surface area contributed by atoms with Crippen LogP contribution in [-0.2, 0) is 12.8 Å². The van der Waals surface area contributed by atoms with E-state index in [0.29, 0.717) is 12.4 Å². The van der Waals surface area contributed by atoms with E-state index >= 15 is 0 Å². The van der Waals surface area contributed by atoms with E-state index in [-0.39, 0.29) is 12.4 Å². The first-order valence-electron chi connectivity index (χ1n) is 9.04. The first kappa shape index (κ1) is 20.8. The standard InChI is InChI=1S/C23H25NO2.ClH/c25-22-12-10-19(11-13-22)14-15-24-16-17-26-23-9-5-4-8-21(23)18-20-6-2-1-3-7-20;/h1-13,24-25H,14-18H2;1H. The summed E-state index contributed by atoms with van der Waals surface area (Å²) in [6, 6.07) is 26.0. The second-order valence-electron chi connectivity index (χ2n) is 6.29. The highest BCUT2D eigenvalue weighted by molar-refractivity contribution is 5.85. The summed E-state index contributed by atoms with van der Waals surface area (Å²) in [5.41, 5.74) is 3.71. The lowest BCUT2D eigenvalue weighted by Crippen LogP contribution is -2.23. The van der Waals surface area contributed by atoms with Gasteiger partial charge in [0, 0.05) is 13.0 Å². The number of ether oxygens (including phenoxy) is 1. The average Bonchev–Trinajstić information content (AvgIpc) is 2.68. The van der Waals surface area contributed by atoms with Crippen LogP contribution in [0, 0.1) is 0 Å². The number of phenolic OH excluding ortho intramolecular Hbond substituents is 1. The Morgan fingerprint density at radius 2 is 1.44 bits per heavy atom. The predicted molar refractivity (Wildman–Crippen MR) is 113 cm³/mol. The first-order chi connectivity index (χ1) is 12.8. The molecule has 0 aliphatic carbocycles. The molecule has 0 saturated carbocycles. The van der Waals surface area contributed by atoms with Gasteiger partial charge < -0.3 is 15.2 Å². The molecule has 0 aromatic heterocycles. The van der Waals surface area contributed by atoms with Gasteiger partial charge in [-0.05, 0) is 47.9 Å². The van der Waals surface area contributed by atoms with Gasteiger partial charge in [0.2, 0.25) is 0 Å². The molecule has 0 saturated heterocycles. The number of hydrogen-bond acceptors (Lipinski definition) is 3. The van der Waals surface area contributed by atoms with Gasteiger partial charge in [0.1, 0.15) is 18.1 Å². The molecule has 0 atom stereocenters. The third kappa shape index (κ3) is 6.97. The van der Waals surface area contributed by atoms with Crippen molar-refractivity contribution in [2.24, 2.45) is 0 Å². The minimum atomic E-state index is 0. The molecular weight excluding hydrogens is 358 g/mol. The molecule has 0 spiro atoms. The van der Waals surface area contributed by atoms with E-state index in [0.717, 1.165) is 31.7 Å². The van der Waals surface area contributed by atoms with E-state index in [2.05, 4.69) is 41.7 Å². The molecule has 3 aromatic carbocycles. The zero-order chi connectivity index (χ0) is 18.0. The van der Waals surface area contributed by atoms with Crippen molar-refractivity contribution >= 4 is 12.4 Å². The maximum Gasteiger partial charge on any atom is 0.122 e. The highest BCUT2D eigenvalue weighted by Gasteiger charge is 2.04. The molecule has 0 unspecified atom stereocenters. The topological polar surface area (TPSA) is 41.5 Å². The predicted octanol–water partition coefficient (Wildman–Crippen LogP) is 4.62. The van der Waals surface area contributed by atoms with Crippen LogP contribution in [0.2, 0.25) is 0 Å². The summed E-state index contributed by atoms with van der Waals surface area (Å²) in [6.45, 7) is 2.33. The Morgan fingerprint density at radius 1 is 0.741 bits per heavy atom. The molecule has 3 rings (SSSR count). The van der Waals surface area contributed by atoms with Crippen LogP contribution in [0.25, 0.3) is 0 Å². The number of hydrogen-bond donors (Lipinski definition) is 2. The van der Waals surface area contributed by atoms with E-state index in [1.165, 1.54) is 16.7 Å². The molecule has 3 aromatic rings. The molecule has 0 heterocycles. The van der Waals surface area contributed by atoms with Gasteiger partial charge in [-0.3, -0.25) is 0 Å². The highest BCUT2D eigenvalue weighted by atomic mass is 35.5. The summed E-state index contributed by atoms with van der Waals surface area (Å²) in [7, 11) is 0. The quantitative estimate of drug-likeness (QED) is 0.530. The van der Waals surface area contributed by atoms with Gasteiger partial charge in [-0.25, -0.2) is 0 Å². The molecule has 3 nitrogen and oxygen atoms in total. The van der Waals surface area contributed by atoms with Crippen LogP contribution in [0.15, 0.2) is 78.9 Å². The molecule has 2 N–H and O–H groups in total. The molecule has 0 bridgehead atoms. The minimum absolute atomic E-state index is 0. The summed E-state index contributed by atoms with van der Waals surface area (Å²) in [5.74, 6) is 1.26. The zero-order valence-electron chi connectivity index (χ0n) is 15.3. The van der Waals surface area contributed by atoms with Gasteiger partial charge in [0.05, 0.1) is 0 Å². The Labute approximate surface area is 167 Å². The third-order valence-corrected chi connectivity index (χ3v) is 4.27. The van der Waals surface area contributed by atoms with E-state index in [1.54, 1.807) is 12.1 Å². The highest BCUT2D eigenvalue weighted by Crippen LogP contribution is 2.21. The number of halogens is 1. The van der Waals surface area contributed by atoms with Crippen LogP contribution < -0.4 is 10.1 Å². The SMILES string of the molecule is Cl.Oc1ccc(CCNCCOc2ccccc2Cc2ccccc2)cc1. The van der Waals surface area contributed by atoms with Crippen molar-refractivity contribution in [3.05, 3.63) is 95.6 Å². The van der Waals surface area contributed by atoms with E-state index in [9.17, 15) is 5.11 Å². The van der Waals surface area contributed by atoms with Gasteiger partial charge in [-0.15, -0.1) is 12.4 Å². The van der Waals surface area contributed by atoms with Crippen molar-refractivity contribution in [3.63, 3.8) is 0 Å². The molecular formula is C23H26ClNO2. The molecule has 0 aliphatic heterocycles. The summed E-state index contributed by atoms with van der Waals surface area (Å²) in [6.07, 6.45) is 1.82. The fraction of sp³-hybridized carbons (Fsp3) is 0.217. The molecule has 142 valence electrons. The largest absolute Gasteiger partial charge is 0.508 e. The van der Waals surface area contributed by atoms with Crippen molar-refractivity contribution in [1.82, 2.24) is 5.32 Å². The van der Waals surface area contributed by atoms with Crippen LogP contribution in [-0.4, -0.2) is 24.8 Å². The Kier molecular flexibility index (Phi) is 8.69. The Hall–Kier alpha value is -2.49. The lowest BCUT2D eigenvalue weighted by atomic mass is 10.0. The van der Waals surface area contributed by atoms with Crippen molar-refractivity contribution in [2.75, 3.05) is 19.7 Å². The maximum absolute atomic E-state index is 9.29. The molecule has 0 fully saturated rings. The van der Waals surface area contributed by atoms with E-state index in [4.69, 9.17) is 4.74 Å². The smallest absolute Gasteiger partial charge is 0.122 e. The molecule has 0 radical (unpaired) electrons. The monoisotopic (exact) mass is 383 g/mol. The molecule has 0 amide bonds. The molecule has 4 heteroatoms. The summed E-state index contributed by atoms with van der Waals surface area (Å²) in [5, 5.41) is 12.7. The molecule has 0 aliphatic rings. The van der Waals surface area contributed by atoms with E-state index < -0.39 is 0 Å². The number of phenols is 1. The van der Waals surface area contributed by atoms with Gasteiger partial charge in [-0.2, -0.15) is 0 Å². The second-order valence-corrected chi connectivity index (χ2v) is 6.29. The lowest BCUT2D eigenvalue weighted by Gasteiger charge is -2.12. The number of para-hydroxylation sites is 1. The Balaban J connectivity index is 0.00000261. The van der Waals surface area contributed by atoms with Crippen LogP contribution in [0.5, 0.6) is 11.5 Å². The van der Waals surface area contributed by atoms with Crippen LogP contribution in [0.4, 0.5) is 0 Å². The second kappa shape index (κ2) is 11.3. The van der Waals surface area contributed by atoms with Crippen molar-refractivity contribution in [3.8, 4) is 11.5 Å². The van der Waals surface area contributed by atoms with Crippen LogP contribution in [0.1, 0.15) is 16.7 Å². The average molecular weight is 384 g/mol. The summed E-state index contributed by atoms with van der Waals surface area (Å²) >= 11 is 0. The summed E-state index contributed by atoms with van der Waals surface area (Å²) < 4.78 is 5.98. The van der Waals surface area contributed by atoms with Crippen molar-refractivity contribution in [2.45, 2.75) is 12.8 Å². The number of aromatic hydroxyl groups is 1. The molecule has 27 heavy (non-hydrogen) atoms. The van der Waals surface area contributed by atoms with Gasteiger partial charge in [-0.1, -0.05) is 60.7 Å². The van der Waals surface area contributed by atoms with Gasteiger partial charge in [0.25, 0.3) is 0 Å². The Bertz CT molecular complexity index is 791. The maximum atomic E-state index is 9.29. The van der Waals surface area contributed by atoms with Crippen LogP contribution >= 0.6 is 12.4 Å². The number of benzene rings is 3. The normalized spacial score (nSPS) is 10.2. The van der Waals surface area contributed by atoms with E-state index in [1.807, 2.05) is 30.3 Å². The zero-order valence-corrected chi connectivity index (χ0v) is 16.1. The van der Waals surface area contributed by atoms with Crippen LogP contribution in [0.3, 0.4) is 0 Å². The van der Waals surface area contributed by atoms with Crippen molar-refractivity contribution in [1.29, 1.82) is 0 Å². The number of rotatable bonds is 9. The minimum Gasteiger partial charge on any atom is -0.508 e. The fourth-order valence-electron chi connectivity index (χ4n) is 2.86. The summed E-state index contributed by atoms with van der Waals surface area (Å²) in [4.78, 5) is 0. The number of nitrogens with one attached hydrogen (secondary N) is 1. The first-order valence-corrected chi connectivity index (χ1v) is 9.04. The van der Waals surface area contributed by atoms with Gasteiger partial charge in [0.15, 0.2) is 0 Å². The van der Waals surface area contributed by atoms with Crippen molar-refractivity contribution < 1.29 is 9.84 Å².